The topological polar surface area (TPSA) is 92.9 Å². The molecule has 0 amide bonds. The van der Waals surface area contributed by atoms with Crippen LogP contribution in [0.3, 0.4) is 0 Å². The van der Waals surface area contributed by atoms with Crippen molar-refractivity contribution in [3.8, 4) is 5.75 Å². The molecule has 1 aliphatic heterocycles. The number of halogens is 3. The van der Waals surface area contributed by atoms with Crippen molar-refractivity contribution in [1.29, 1.82) is 0 Å². The molecule has 2 rings (SSSR count). The number of alkyl halides is 3. The highest BCUT2D eigenvalue weighted by Gasteiger charge is 2.32. The molecule has 1 aromatic carbocycles. The Labute approximate surface area is 162 Å². The summed E-state index contributed by atoms with van der Waals surface area (Å²) in [5, 5.41) is 10.3. The Bertz CT molecular complexity index is 870. The van der Waals surface area contributed by atoms with E-state index < -0.39 is 33.5 Å². The quantitative estimate of drug-likeness (QED) is 0.761. The number of ether oxygens (including phenoxy) is 1. The third-order valence-corrected chi connectivity index (χ3v) is 5.84. The van der Waals surface area contributed by atoms with E-state index in [1.54, 1.807) is 4.90 Å². The second kappa shape index (κ2) is 7.67. The smallest absolute Gasteiger partial charge is 0.406 e. The lowest BCUT2D eigenvalue weighted by molar-refractivity contribution is -0.274. The van der Waals surface area contributed by atoms with Crippen molar-refractivity contribution in [3.63, 3.8) is 0 Å². The van der Waals surface area contributed by atoms with Crippen LogP contribution in [0.1, 0.15) is 20.8 Å². The summed E-state index contributed by atoms with van der Waals surface area (Å²) in [6, 6.07) is 3.92. The van der Waals surface area contributed by atoms with E-state index in [1.165, 1.54) is 12.3 Å². The van der Waals surface area contributed by atoms with Crippen molar-refractivity contribution in [2.45, 2.75) is 38.1 Å². The van der Waals surface area contributed by atoms with E-state index in [9.17, 15) is 26.7 Å². The molecule has 10 heteroatoms. The van der Waals surface area contributed by atoms with E-state index in [0.29, 0.717) is 5.70 Å². The van der Waals surface area contributed by atoms with Gasteiger partial charge < -0.3 is 20.5 Å². The fourth-order valence-corrected chi connectivity index (χ4v) is 3.80. The van der Waals surface area contributed by atoms with E-state index in [0.717, 1.165) is 24.3 Å². The van der Waals surface area contributed by atoms with Gasteiger partial charge in [0, 0.05) is 18.4 Å². The second-order valence-corrected chi connectivity index (χ2v) is 9.53. The Morgan fingerprint density at radius 2 is 1.79 bits per heavy atom. The molecule has 0 saturated carbocycles. The molecule has 0 spiro atoms. The van der Waals surface area contributed by atoms with Gasteiger partial charge in [-0.15, -0.1) is 13.2 Å². The van der Waals surface area contributed by atoms with Gasteiger partial charge in [-0.1, -0.05) is 20.8 Å². The Morgan fingerprint density at radius 1 is 1.21 bits per heavy atom. The molecule has 1 unspecified atom stereocenters. The zero-order valence-electron chi connectivity index (χ0n) is 15.7. The van der Waals surface area contributed by atoms with Crippen LogP contribution in [-0.2, 0) is 9.84 Å². The Balaban J connectivity index is 2.27. The molecular formula is C18H23F3N2O4S. The minimum atomic E-state index is -4.86. The molecule has 1 atom stereocenters. The molecule has 1 aromatic rings. The highest BCUT2D eigenvalue weighted by atomic mass is 32.2. The summed E-state index contributed by atoms with van der Waals surface area (Å²) >= 11 is 0. The number of rotatable bonds is 5. The number of aliphatic hydroxyl groups excluding tert-OH is 1. The van der Waals surface area contributed by atoms with Gasteiger partial charge in [0.15, 0.2) is 0 Å². The molecule has 1 aliphatic rings. The second-order valence-electron chi connectivity index (χ2n) is 7.58. The molecule has 1 heterocycles. The van der Waals surface area contributed by atoms with Gasteiger partial charge in [-0.25, -0.2) is 8.42 Å². The SMILES string of the molecule is CC(C)(C)C(O)CN1C=C(S(=O)(=O)c2ccc(OC(F)(F)F)cc2)C=C(N)C1. The summed E-state index contributed by atoms with van der Waals surface area (Å²) in [5.41, 5.74) is 5.74. The molecule has 0 aliphatic carbocycles. The van der Waals surface area contributed by atoms with E-state index >= 15 is 0 Å². The first-order valence-corrected chi connectivity index (χ1v) is 9.88. The predicted octanol–water partition coefficient (Wildman–Crippen LogP) is 2.77. The molecule has 0 aromatic heterocycles. The maximum absolute atomic E-state index is 12.8. The first-order chi connectivity index (χ1) is 12.7. The van der Waals surface area contributed by atoms with Crippen LogP contribution in [0, 0.1) is 5.41 Å². The zero-order chi connectivity index (χ0) is 21.3. The monoisotopic (exact) mass is 420 g/mol. The van der Waals surface area contributed by atoms with E-state index in [4.69, 9.17) is 5.73 Å². The van der Waals surface area contributed by atoms with Crippen molar-refractivity contribution >= 4 is 9.84 Å². The van der Waals surface area contributed by atoms with E-state index in [2.05, 4.69) is 4.74 Å². The highest BCUT2D eigenvalue weighted by Crippen LogP contribution is 2.29. The molecular weight excluding hydrogens is 397 g/mol. The van der Waals surface area contributed by atoms with Crippen LogP contribution in [0.15, 0.2) is 52.0 Å². The maximum atomic E-state index is 12.8. The van der Waals surface area contributed by atoms with Gasteiger partial charge in [0.25, 0.3) is 0 Å². The van der Waals surface area contributed by atoms with Crippen molar-refractivity contribution in [2.75, 3.05) is 13.1 Å². The van der Waals surface area contributed by atoms with Crippen LogP contribution in [-0.4, -0.2) is 44.0 Å². The predicted molar refractivity (Wildman–Crippen MR) is 97.7 cm³/mol. The average molecular weight is 420 g/mol. The third kappa shape index (κ3) is 5.65. The first-order valence-electron chi connectivity index (χ1n) is 8.39. The van der Waals surface area contributed by atoms with Gasteiger partial charge in [-0.3, -0.25) is 0 Å². The average Bonchev–Trinajstić information content (AvgIpc) is 2.52. The summed E-state index contributed by atoms with van der Waals surface area (Å²) < 4.78 is 66.2. The standard InChI is InChI=1S/C18H23F3N2O4S/c1-17(2,3)16(24)11-23-9-12(22)8-15(10-23)28(25,26)14-6-4-13(5-7-14)27-18(19,20)21/h4-8,10,16,24H,9,11,22H2,1-3H3. The number of allylic oxidation sites excluding steroid dienone is 1. The molecule has 156 valence electrons. The van der Waals surface area contributed by atoms with E-state index in [1.807, 2.05) is 20.8 Å². The maximum Gasteiger partial charge on any atom is 0.573 e. The van der Waals surface area contributed by atoms with Crippen LogP contribution in [0.5, 0.6) is 5.75 Å². The van der Waals surface area contributed by atoms with Crippen molar-refractivity contribution in [2.24, 2.45) is 11.1 Å². The van der Waals surface area contributed by atoms with Gasteiger partial charge in [-0.05, 0) is 35.8 Å². The molecule has 28 heavy (non-hydrogen) atoms. The van der Waals surface area contributed by atoms with Crippen LogP contribution >= 0.6 is 0 Å². The van der Waals surface area contributed by atoms with Gasteiger partial charge in [-0.2, -0.15) is 0 Å². The minimum Gasteiger partial charge on any atom is -0.406 e. The summed E-state index contributed by atoms with van der Waals surface area (Å²) in [7, 11) is -4.01. The largest absolute Gasteiger partial charge is 0.573 e. The number of β-amino-alcohol motifs (C(OH)–C–C–N with tert-alkyl or cyclic N) is 1. The minimum absolute atomic E-state index is 0.109. The zero-order valence-corrected chi connectivity index (χ0v) is 16.5. The molecule has 0 fully saturated rings. The normalized spacial score (nSPS) is 17.0. The lowest BCUT2D eigenvalue weighted by Crippen LogP contribution is -2.40. The van der Waals surface area contributed by atoms with Crippen LogP contribution in [0.2, 0.25) is 0 Å². The number of aliphatic hydroxyl groups is 1. The summed E-state index contributed by atoms with van der Waals surface area (Å²) in [4.78, 5) is 1.29. The number of hydrogen-bond donors (Lipinski definition) is 2. The first kappa shape index (κ1) is 22.1. The summed E-state index contributed by atoms with van der Waals surface area (Å²) in [5.74, 6) is -0.519. The van der Waals surface area contributed by atoms with Crippen LogP contribution < -0.4 is 10.5 Å². The van der Waals surface area contributed by atoms with Crippen LogP contribution in [0.4, 0.5) is 13.2 Å². The molecule has 3 N–H and O–H groups in total. The number of hydrogen-bond acceptors (Lipinski definition) is 6. The van der Waals surface area contributed by atoms with Crippen LogP contribution in [0.25, 0.3) is 0 Å². The third-order valence-electron chi connectivity index (χ3n) is 4.11. The number of nitrogens with zero attached hydrogens (tertiary/aromatic N) is 1. The Kier molecular flexibility index (Phi) is 6.05. The van der Waals surface area contributed by atoms with Gasteiger partial charge >= 0.3 is 6.36 Å². The Hall–Kier alpha value is -2.20. The van der Waals surface area contributed by atoms with Crippen molar-refractivity contribution in [1.82, 2.24) is 4.90 Å². The fourth-order valence-electron chi connectivity index (χ4n) is 2.44. The van der Waals surface area contributed by atoms with Crippen molar-refractivity contribution in [3.05, 3.63) is 47.1 Å². The number of sulfone groups is 1. The van der Waals surface area contributed by atoms with Crippen molar-refractivity contribution < 1.29 is 31.4 Å². The van der Waals surface area contributed by atoms with Gasteiger partial charge in [0.1, 0.15) is 5.75 Å². The molecule has 6 nitrogen and oxygen atoms in total. The summed E-state index contributed by atoms with van der Waals surface area (Å²) in [6.45, 7) is 5.99. The lowest BCUT2D eigenvalue weighted by atomic mass is 9.89. The number of nitrogens with two attached hydrogens (primary N) is 1. The molecule has 0 saturated heterocycles. The highest BCUT2D eigenvalue weighted by molar-refractivity contribution is 7.95. The lowest BCUT2D eigenvalue weighted by Gasteiger charge is -2.33. The molecule has 0 radical (unpaired) electrons. The summed E-state index contributed by atoms with van der Waals surface area (Å²) in [6.07, 6.45) is -2.91. The Morgan fingerprint density at radius 3 is 2.29 bits per heavy atom. The number of benzene rings is 1. The van der Waals surface area contributed by atoms with Gasteiger partial charge in [0.2, 0.25) is 9.84 Å². The van der Waals surface area contributed by atoms with E-state index in [-0.39, 0.29) is 22.9 Å². The fraction of sp³-hybridized carbons (Fsp3) is 0.444. The van der Waals surface area contributed by atoms with Gasteiger partial charge in [0.05, 0.1) is 22.4 Å². The molecule has 0 bridgehead atoms.